The number of amides is 1. The molecule has 0 spiro atoms. The van der Waals surface area contributed by atoms with E-state index in [1.165, 1.54) is 0 Å². The Morgan fingerprint density at radius 1 is 1.41 bits per heavy atom. The van der Waals surface area contributed by atoms with Gasteiger partial charge in [0.1, 0.15) is 0 Å². The van der Waals surface area contributed by atoms with E-state index >= 15 is 0 Å². The first-order valence-electron chi connectivity index (χ1n) is 5.86. The topological polar surface area (TPSA) is 41.1 Å². The van der Waals surface area contributed by atoms with Gasteiger partial charge in [0.25, 0.3) is 0 Å². The largest absolute Gasteiger partial charge is 0.348 e. The molecule has 3 nitrogen and oxygen atoms in total. The minimum atomic E-state index is 0. The van der Waals surface area contributed by atoms with Crippen LogP contribution in [0.1, 0.15) is 31.4 Å². The van der Waals surface area contributed by atoms with Crippen LogP contribution in [-0.2, 0) is 4.79 Å². The zero-order valence-electron chi connectivity index (χ0n) is 9.98. The SMILES string of the molecule is C[C@@H](NC(=O)[C@H]1CCCN1)c1ccccc1.Cl. The fraction of sp³-hybridized carbons (Fsp3) is 0.462. The number of nitrogens with one attached hydrogen (secondary N) is 2. The maximum atomic E-state index is 11.9. The maximum Gasteiger partial charge on any atom is 0.237 e. The van der Waals surface area contributed by atoms with Crippen molar-refractivity contribution in [2.24, 2.45) is 0 Å². The molecule has 2 N–H and O–H groups in total. The summed E-state index contributed by atoms with van der Waals surface area (Å²) >= 11 is 0. The highest BCUT2D eigenvalue weighted by Crippen LogP contribution is 2.12. The van der Waals surface area contributed by atoms with Gasteiger partial charge in [-0.1, -0.05) is 30.3 Å². The minimum Gasteiger partial charge on any atom is -0.348 e. The summed E-state index contributed by atoms with van der Waals surface area (Å²) in [6, 6.07) is 10.1. The Balaban J connectivity index is 0.00000144. The highest BCUT2D eigenvalue weighted by molar-refractivity contribution is 5.85. The van der Waals surface area contributed by atoms with Gasteiger partial charge in [-0.3, -0.25) is 4.79 Å². The molecule has 94 valence electrons. The van der Waals surface area contributed by atoms with Gasteiger partial charge in [-0.2, -0.15) is 0 Å². The number of benzene rings is 1. The molecule has 0 unspecified atom stereocenters. The van der Waals surface area contributed by atoms with Gasteiger partial charge in [0.2, 0.25) is 5.91 Å². The summed E-state index contributed by atoms with van der Waals surface area (Å²) in [4.78, 5) is 11.9. The zero-order chi connectivity index (χ0) is 11.4. The predicted molar refractivity (Wildman–Crippen MR) is 71.3 cm³/mol. The van der Waals surface area contributed by atoms with Crippen molar-refractivity contribution in [2.45, 2.75) is 31.8 Å². The fourth-order valence-corrected chi connectivity index (χ4v) is 2.05. The molecule has 4 heteroatoms. The highest BCUT2D eigenvalue weighted by Gasteiger charge is 2.23. The molecule has 0 bridgehead atoms. The van der Waals surface area contributed by atoms with Crippen LogP contribution in [-0.4, -0.2) is 18.5 Å². The van der Waals surface area contributed by atoms with Crippen LogP contribution in [0.5, 0.6) is 0 Å². The Bertz CT molecular complexity index is 350. The van der Waals surface area contributed by atoms with Crippen molar-refractivity contribution in [3.63, 3.8) is 0 Å². The molecule has 1 aliphatic rings. The van der Waals surface area contributed by atoms with Crippen LogP contribution < -0.4 is 10.6 Å². The van der Waals surface area contributed by atoms with E-state index in [2.05, 4.69) is 10.6 Å². The van der Waals surface area contributed by atoms with Gasteiger partial charge in [0.15, 0.2) is 0 Å². The van der Waals surface area contributed by atoms with Crippen molar-refractivity contribution in [3.8, 4) is 0 Å². The van der Waals surface area contributed by atoms with Gasteiger partial charge in [0.05, 0.1) is 12.1 Å². The van der Waals surface area contributed by atoms with Crippen molar-refractivity contribution in [2.75, 3.05) is 6.54 Å². The van der Waals surface area contributed by atoms with E-state index in [9.17, 15) is 4.79 Å². The molecule has 1 aromatic rings. The molecule has 1 aromatic carbocycles. The van der Waals surface area contributed by atoms with E-state index in [0.29, 0.717) is 0 Å². The van der Waals surface area contributed by atoms with Crippen molar-refractivity contribution >= 4 is 18.3 Å². The van der Waals surface area contributed by atoms with Gasteiger partial charge >= 0.3 is 0 Å². The molecule has 0 radical (unpaired) electrons. The Kier molecular flexibility index (Phi) is 5.45. The lowest BCUT2D eigenvalue weighted by Crippen LogP contribution is -2.41. The Morgan fingerprint density at radius 3 is 2.71 bits per heavy atom. The normalized spacial score (nSPS) is 20.4. The number of hydrogen-bond donors (Lipinski definition) is 2. The Labute approximate surface area is 108 Å². The summed E-state index contributed by atoms with van der Waals surface area (Å²) in [7, 11) is 0. The summed E-state index contributed by atoms with van der Waals surface area (Å²) < 4.78 is 0. The molecule has 1 saturated heterocycles. The smallest absolute Gasteiger partial charge is 0.237 e. The molecule has 0 saturated carbocycles. The molecule has 1 fully saturated rings. The van der Waals surface area contributed by atoms with Gasteiger partial charge < -0.3 is 10.6 Å². The molecule has 0 aliphatic carbocycles. The van der Waals surface area contributed by atoms with Crippen LogP contribution in [0.3, 0.4) is 0 Å². The first-order chi connectivity index (χ1) is 7.77. The number of halogens is 1. The van der Waals surface area contributed by atoms with Gasteiger partial charge in [-0.05, 0) is 31.9 Å². The lowest BCUT2D eigenvalue weighted by atomic mass is 10.1. The molecule has 2 atom stereocenters. The average molecular weight is 255 g/mol. The lowest BCUT2D eigenvalue weighted by Gasteiger charge is -2.17. The Hall–Kier alpha value is -1.06. The van der Waals surface area contributed by atoms with E-state index in [1.807, 2.05) is 37.3 Å². The monoisotopic (exact) mass is 254 g/mol. The predicted octanol–water partition coefficient (Wildman–Crippen LogP) is 2.04. The second-order valence-corrected chi connectivity index (χ2v) is 4.29. The van der Waals surface area contributed by atoms with Gasteiger partial charge in [0, 0.05) is 0 Å². The third-order valence-electron chi connectivity index (χ3n) is 3.04. The molecular formula is C13H19ClN2O. The van der Waals surface area contributed by atoms with Crippen LogP contribution in [0, 0.1) is 0 Å². The van der Waals surface area contributed by atoms with Crippen LogP contribution >= 0.6 is 12.4 Å². The van der Waals surface area contributed by atoms with Crippen LogP contribution in [0.4, 0.5) is 0 Å². The third-order valence-corrected chi connectivity index (χ3v) is 3.04. The molecule has 17 heavy (non-hydrogen) atoms. The zero-order valence-corrected chi connectivity index (χ0v) is 10.8. The summed E-state index contributed by atoms with van der Waals surface area (Å²) in [5.74, 6) is 0.119. The molecule has 1 heterocycles. The van der Waals surface area contributed by atoms with Gasteiger partial charge in [-0.25, -0.2) is 0 Å². The summed E-state index contributed by atoms with van der Waals surface area (Å²) in [5, 5.41) is 6.24. The van der Waals surface area contributed by atoms with Crippen LogP contribution in [0.25, 0.3) is 0 Å². The maximum absolute atomic E-state index is 11.9. The van der Waals surface area contributed by atoms with Crippen LogP contribution in [0.2, 0.25) is 0 Å². The number of carbonyl (C=O) groups is 1. The van der Waals surface area contributed by atoms with Crippen molar-refractivity contribution < 1.29 is 4.79 Å². The summed E-state index contributed by atoms with van der Waals surface area (Å²) in [6.07, 6.45) is 2.05. The standard InChI is InChI=1S/C13H18N2O.ClH/c1-10(11-6-3-2-4-7-11)15-13(16)12-8-5-9-14-12;/h2-4,6-7,10,12,14H,5,8-9H2,1H3,(H,15,16);1H/t10-,12-;/m1./s1. The molecule has 2 rings (SSSR count). The van der Waals surface area contributed by atoms with Crippen molar-refractivity contribution in [1.82, 2.24) is 10.6 Å². The van der Waals surface area contributed by atoms with E-state index in [4.69, 9.17) is 0 Å². The van der Waals surface area contributed by atoms with Crippen molar-refractivity contribution in [3.05, 3.63) is 35.9 Å². The first kappa shape index (κ1) is 14.0. The number of rotatable bonds is 3. The van der Waals surface area contributed by atoms with E-state index < -0.39 is 0 Å². The Morgan fingerprint density at radius 2 is 2.12 bits per heavy atom. The molecule has 1 aliphatic heterocycles. The molecule has 1 amide bonds. The van der Waals surface area contributed by atoms with E-state index in [-0.39, 0.29) is 30.4 Å². The molecule has 0 aromatic heterocycles. The van der Waals surface area contributed by atoms with E-state index in [0.717, 1.165) is 24.9 Å². The highest BCUT2D eigenvalue weighted by atomic mass is 35.5. The second kappa shape index (κ2) is 6.62. The summed E-state index contributed by atoms with van der Waals surface area (Å²) in [5.41, 5.74) is 1.15. The quantitative estimate of drug-likeness (QED) is 0.867. The fourth-order valence-electron chi connectivity index (χ4n) is 2.05. The van der Waals surface area contributed by atoms with Crippen LogP contribution in [0.15, 0.2) is 30.3 Å². The van der Waals surface area contributed by atoms with Gasteiger partial charge in [-0.15, -0.1) is 12.4 Å². The molecular weight excluding hydrogens is 236 g/mol. The van der Waals surface area contributed by atoms with Crippen molar-refractivity contribution in [1.29, 1.82) is 0 Å². The summed E-state index contributed by atoms with van der Waals surface area (Å²) in [6.45, 7) is 2.97. The second-order valence-electron chi connectivity index (χ2n) is 4.29. The lowest BCUT2D eigenvalue weighted by molar-refractivity contribution is -0.123. The first-order valence-corrected chi connectivity index (χ1v) is 5.86. The number of hydrogen-bond acceptors (Lipinski definition) is 2. The average Bonchev–Trinajstić information content (AvgIpc) is 2.83. The third kappa shape index (κ3) is 3.72. The minimum absolute atomic E-state index is 0. The number of carbonyl (C=O) groups excluding carboxylic acids is 1. The van der Waals surface area contributed by atoms with E-state index in [1.54, 1.807) is 0 Å².